The summed E-state index contributed by atoms with van der Waals surface area (Å²) >= 11 is 0. The Labute approximate surface area is 316 Å². The van der Waals surface area contributed by atoms with Gasteiger partial charge in [-0.15, -0.1) is 22.6 Å². The molecule has 3 atom stereocenters. The fourth-order valence-corrected chi connectivity index (χ4v) is 8.36. The third-order valence-electron chi connectivity index (χ3n) is 11.6. The van der Waals surface area contributed by atoms with Gasteiger partial charge in [0, 0.05) is 47.3 Å². The van der Waals surface area contributed by atoms with Crippen molar-refractivity contribution < 1.29 is 14.4 Å². The maximum Gasteiger partial charge on any atom is 0.251 e. The summed E-state index contributed by atoms with van der Waals surface area (Å²) in [6, 6.07) is 21.7. The molecule has 3 heterocycles. The van der Waals surface area contributed by atoms with Crippen LogP contribution in [0.5, 0.6) is 0 Å². The molecule has 2 unspecified atom stereocenters. The molecule has 2 aliphatic heterocycles. The van der Waals surface area contributed by atoms with E-state index in [0.717, 1.165) is 66.3 Å². The lowest BCUT2D eigenvalue weighted by molar-refractivity contribution is -0.130. The van der Waals surface area contributed by atoms with E-state index in [4.69, 9.17) is 5.73 Å². The van der Waals surface area contributed by atoms with Crippen LogP contribution in [0.15, 0.2) is 66.7 Å². The van der Waals surface area contributed by atoms with Gasteiger partial charge in [0.05, 0.1) is 0 Å². The van der Waals surface area contributed by atoms with Gasteiger partial charge in [-0.05, 0) is 142 Å². The van der Waals surface area contributed by atoms with E-state index in [1.54, 1.807) is 12.1 Å². The number of nitrogens with zero attached hydrogens (tertiary/aromatic N) is 4. The Morgan fingerprint density at radius 3 is 2.21 bits per heavy atom. The van der Waals surface area contributed by atoms with Crippen molar-refractivity contribution in [2.75, 3.05) is 18.9 Å². The van der Waals surface area contributed by atoms with Gasteiger partial charge in [-0.2, -0.15) is 5.21 Å². The van der Waals surface area contributed by atoms with E-state index in [0.29, 0.717) is 48.0 Å². The number of hydrogen-bond acceptors (Lipinski definition) is 8. The molecule has 3 fully saturated rings. The SMILES string of the molecule is Cc1cc(C(=O)NC2CC3CCC(C2)N3C)ccc1-c1ccc(C[C@H](NC(=O)[C@H]2CC[C@H](CN)CC2)C(=O)Nc2ccc(-c3nn[nH]n3)cc2)cc1.Cl. The molecule has 7 rings (SSSR count). The molecule has 1 aromatic heterocycles. The Balaban J connectivity index is 0.00000481. The predicted molar refractivity (Wildman–Crippen MR) is 207 cm³/mol. The van der Waals surface area contributed by atoms with E-state index in [1.165, 1.54) is 12.8 Å². The highest BCUT2D eigenvalue weighted by molar-refractivity contribution is 5.98. The van der Waals surface area contributed by atoms with E-state index in [9.17, 15) is 14.4 Å². The number of H-pyrrole nitrogens is 1. The van der Waals surface area contributed by atoms with Gasteiger partial charge in [0.1, 0.15) is 6.04 Å². The Morgan fingerprint density at radius 2 is 1.58 bits per heavy atom. The van der Waals surface area contributed by atoms with Crippen LogP contribution in [0, 0.1) is 18.8 Å². The summed E-state index contributed by atoms with van der Waals surface area (Å²) in [5.41, 5.74) is 11.9. The molecule has 3 aromatic carbocycles. The van der Waals surface area contributed by atoms with Gasteiger partial charge in [0.15, 0.2) is 0 Å². The van der Waals surface area contributed by atoms with E-state index >= 15 is 0 Å². The minimum Gasteiger partial charge on any atom is -0.349 e. The standard InChI is InChI=1S/C40H49N9O3.ClH/c1-24-19-30(39(51)43-32-21-33-16-17-34(22-32)49(33)2)13-18-35(24)27-7-3-25(4-8-27)20-36(44-38(50)29-9-5-26(23-41)6-10-29)40(52)42-31-14-11-28(12-15-31)37-45-47-48-46-37;/h3-4,7-8,11-15,18-19,26,29,32-34,36H,5-6,9-10,16-17,20-23,41H2,1-2H3,(H,42,52)(H,43,51)(H,44,50)(H,45,46,47,48);1H/t26-,29-,32?,33?,34?,36-;/m0./s1. The lowest BCUT2D eigenvalue weighted by atomic mass is 9.81. The Kier molecular flexibility index (Phi) is 12.2. The van der Waals surface area contributed by atoms with E-state index in [2.05, 4.69) is 48.5 Å². The summed E-state index contributed by atoms with van der Waals surface area (Å²) < 4.78 is 0. The number of carbonyl (C=O) groups is 3. The largest absolute Gasteiger partial charge is 0.349 e. The zero-order chi connectivity index (χ0) is 36.2. The van der Waals surface area contributed by atoms with Crippen LogP contribution in [-0.4, -0.2) is 81.0 Å². The number of aromatic amines is 1. The van der Waals surface area contributed by atoms with Crippen molar-refractivity contribution in [3.8, 4) is 22.5 Å². The van der Waals surface area contributed by atoms with Crippen molar-refractivity contribution in [1.29, 1.82) is 0 Å². The number of halogens is 1. The number of nitrogens with one attached hydrogen (secondary N) is 4. The van der Waals surface area contributed by atoms with Crippen molar-refractivity contribution >= 4 is 35.8 Å². The van der Waals surface area contributed by atoms with E-state index < -0.39 is 6.04 Å². The summed E-state index contributed by atoms with van der Waals surface area (Å²) in [7, 11) is 2.21. The number of nitrogens with two attached hydrogens (primary N) is 1. The lowest BCUT2D eigenvalue weighted by Crippen LogP contribution is -2.48. The highest BCUT2D eigenvalue weighted by atomic mass is 35.5. The second kappa shape index (κ2) is 17.0. The summed E-state index contributed by atoms with van der Waals surface area (Å²) in [4.78, 5) is 42.9. The number of carbonyl (C=O) groups excluding carboxylic acids is 3. The van der Waals surface area contributed by atoms with Crippen LogP contribution in [-0.2, 0) is 16.0 Å². The molecule has 280 valence electrons. The van der Waals surface area contributed by atoms with E-state index in [-0.39, 0.29) is 42.1 Å². The van der Waals surface area contributed by atoms with Crippen LogP contribution in [0.2, 0.25) is 0 Å². The summed E-state index contributed by atoms with van der Waals surface area (Å²) in [5.74, 6) is 0.374. The Hall–Kier alpha value is -4.65. The Bertz CT molecular complexity index is 1850. The molecular formula is C40H50ClN9O3. The van der Waals surface area contributed by atoms with Crippen molar-refractivity contribution in [3.63, 3.8) is 0 Å². The summed E-state index contributed by atoms with van der Waals surface area (Å²) in [6.07, 6.45) is 8.18. The number of anilines is 1. The van der Waals surface area contributed by atoms with Crippen LogP contribution in [0.3, 0.4) is 0 Å². The molecule has 53 heavy (non-hydrogen) atoms. The molecule has 6 N–H and O–H groups in total. The number of aryl methyl sites for hydroxylation is 1. The number of benzene rings is 3. The first-order valence-electron chi connectivity index (χ1n) is 18.6. The van der Waals surface area contributed by atoms with Crippen LogP contribution in [0.25, 0.3) is 22.5 Å². The van der Waals surface area contributed by atoms with Gasteiger partial charge in [0.2, 0.25) is 17.6 Å². The third kappa shape index (κ3) is 8.94. The smallest absolute Gasteiger partial charge is 0.251 e. The van der Waals surface area contributed by atoms with E-state index in [1.807, 2.05) is 61.5 Å². The van der Waals surface area contributed by atoms with Crippen LogP contribution in [0.1, 0.15) is 72.9 Å². The Morgan fingerprint density at radius 1 is 0.906 bits per heavy atom. The van der Waals surface area contributed by atoms with Gasteiger partial charge >= 0.3 is 0 Å². The molecule has 12 nitrogen and oxygen atoms in total. The zero-order valence-corrected chi connectivity index (χ0v) is 31.2. The molecule has 2 saturated heterocycles. The highest BCUT2D eigenvalue weighted by Crippen LogP contribution is 2.34. The molecule has 3 aliphatic rings. The van der Waals surface area contributed by atoms with Crippen LogP contribution < -0.4 is 21.7 Å². The summed E-state index contributed by atoms with van der Waals surface area (Å²) in [5, 5.41) is 23.4. The number of fused-ring (bicyclic) bond motifs is 2. The number of tetrazole rings is 1. The highest BCUT2D eigenvalue weighted by Gasteiger charge is 2.39. The molecule has 0 radical (unpaired) electrons. The maximum atomic E-state index is 13.7. The first kappa shape index (κ1) is 38.1. The topological polar surface area (TPSA) is 171 Å². The quantitative estimate of drug-likeness (QED) is 0.142. The number of amides is 3. The fourth-order valence-electron chi connectivity index (χ4n) is 8.36. The monoisotopic (exact) mass is 739 g/mol. The predicted octanol–water partition coefficient (Wildman–Crippen LogP) is 5.05. The van der Waals surface area contributed by atoms with Crippen LogP contribution in [0.4, 0.5) is 5.69 Å². The van der Waals surface area contributed by atoms with Crippen molar-refractivity contribution in [2.24, 2.45) is 17.6 Å². The molecule has 0 spiro atoms. The van der Waals surface area contributed by atoms with Crippen molar-refractivity contribution in [1.82, 2.24) is 36.2 Å². The second-order valence-corrected chi connectivity index (χ2v) is 14.9. The number of piperidine rings is 1. The lowest BCUT2D eigenvalue weighted by Gasteiger charge is -2.36. The average Bonchev–Trinajstić information content (AvgIpc) is 3.76. The number of aromatic nitrogens is 4. The van der Waals surface area contributed by atoms with Gasteiger partial charge in [-0.1, -0.05) is 30.3 Å². The average molecular weight is 740 g/mol. The fraction of sp³-hybridized carbons (Fsp3) is 0.450. The molecular weight excluding hydrogens is 690 g/mol. The zero-order valence-electron chi connectivity index (χ0n) is 30.4. The number of rotatable bonds is 11. The first-order valence-corrected chi connectivity index (χ1v) is 18.6. The van der Waals surface area contributed by atoms with Crippen LogP contribution >= 0.6 is 12.4 Å². The minimum absolute atomic E-state index is 0. The second-order valence-electron chi connectivity index (χ2n) is 14.9. The van der Waals surface area contributed by atoms with Crippen molar-refractivity contribution in [3.05, 3.63) is 83.4 Å². The van der Waals surface area contributed by atoms with Crippen molar-refractivity contribution in [2.45, 2.75) is 88.9 Å². The summed E-state index contributed by atoms with van der Waals surface area (Å²) in [6.45, 7) is 2.67. The third-order valence-corrected chi connectivity index (χ3v) is 11.6. The normalized spacial score (nSPS) is 23.0. The molecule has 2 bridgehead atoms. The molecule has 3 amide bonds. The number of hydrogen-bond donors (Lipinski definition) is 5. The first-order chi connectivity index (χ1) is 25.2. The van der Waals surface area contributed by atoms with Gasteiger partial charge in [0.25, 0.3) is 5.91 Å². The molecule has 4 aromatic rings. The van der Waals surface area contributed by atoms with Gasteiger partial charge in [-0.3, -0.25) is 14.4 Å². The molecule has 1 saturated carbocycles. The van der Waals surface area contributed by atoms with Gasteiger partial charge in [-0.25, -0.2) is 0 Å². The maximum absolute atomic E-state index is 13.7. The molecule has 13 heteroatoms. The van der Waals surface area contributed by atoms with Gasteiger partial charge < -0.3 is 26.6 Å². The minimum atomic E-state index is -0.776. The molecule has 1 aliphatic carbocycles.